The number of alkyl halides is 3. The molecule has 10 heteroatoms. The van der Waals surface area contributed by atoms with Crippen molar-refractivity contribution in [1.29, 1.82) is 0 Å². The Morgan fingerprint density at radius 2 is 2.23 bits per heavy atom. The molecule has 0 atom stereocenters. The third-order valence-electron chi connectivity index (χ3n) is 2.85. The minimum Gasteiger partial charge on any atom is -0.351 e. The summed E-state index contributed by atoms with van der Waals surface area (Å²) in [6.07, 6.45) is -2.13. The Morgan fingerprint density at radius 1 is 1.50 bits per heavy atom. The van der Waals surface area contributed by atoms with E-state index in [0.29, 0.717) is 25.6 Å². The average Bonchev–Trinajstić information content (AvgIpc) is 3.02. The van der Waals surface area contributed by atoms with Crippen molar-refractivity contribution in [1.82, 2.24) is 25.3 Å². The van der Waals surface area contributed by atoms with Crippen LogP contribution in [0.4, 0.5) is 13.2 Å². The van der Waals surface area contributed by atoms with Gasteiger partial charge in [0.1, 0.15) is 5.69 Å². The monoisotopic (exact) mass is 379 g/mol. The number of aromatic nitrogens is 4. The molecule has 2 aromatic rings. The van der Waals surface area contributed by atoms with Gasteiger partial charge in [-0.2, -0.15) is 23.4 Å². The van der Waals surface area contributed by atoms with Crippen molar-refractivity contribution >= 4 is 21.8 Å². The van der Waals surface area contributed by atoms with Crippen LogP contribution in [-0.2, 0) is 12.7 Å². The van der Waals surface area contributed by atoms with Gasteiger partial charge >= 0.3 is 6.18 Å². The molecule has 0 aromatic carbocycles. The second kappa shape index (κ2) is 6.51. The van der Waals surface area contributed by atoms with Gasteiger partial charge in [0, 0.05) is 25.4 Å². The molecule has 0 aliphatic carbocycles. The van der Waals surface area contributed by atoms with Crippen molar-refractivity contribution in [3.8, 4) is 0 Å². The lowest BCUT2D eigenvalue weighted by Gasteiger charge is -2.03. The number of carbonyl (C=O) groups is 1. The van der Waals surface area contributed by atoms with Crippen LogP contribution in [-0.4, -0.2) is 32.4 Å². The summed E-state index contributed by atoms with van der Waals surface area (Å²) in [5.41, 5.74) is -0.472. The fourth-order valence-electron chi connectivity index (χ4n) is 1.72. The van der Waals surface area contributed by atoms with E-state index in [-0.39, 0.29) is 5.69 Å². The van der Waals surface area contributed by atoms with Crippen molar-refractivity contribution in [2.45, 2.75) is 26.1 Å². The Bertz CT molecular complexity index is 645. The summed E-state index contributed by atoms with van der Waals surface area (Å²) in [4.78, 5) is 11.7. The number of H-pyrrole nitrogens is 1. The third-order valence-corrected chi connectivity index (χ3v) is 3.63. The molecule has 2 heterocycles. The number of hydrogen-bond donors (Lipinski definition) is 2. The summed E-state index contributed by atoms with van der Waals surface area (Å²) in [7, 11) is 0. The van der Waals surface area contributed by atoms with E-state index in [1.165, 1.54) is 0 Å². The molecular weight excluding hydrogens is 367 g/mol. The standard InChI is InChI=1S/C12H13BrF3N5O/c1-7-8(13)6-21(20-7)4-2-3-17-11(22)9-5-10(19-18-9)12(14,15)16/h5-6H,2-4H2,1H3,(H,17,22)(H,18,19). The molecule has 120 valence electrons. The quantitative estimate of drug-likeness (QED) is 0.783. The number of aryl methyl sites for hydroxylation is 2. The van der Waals surface area contributed by atoms with Gasteiger partial charge < -0.3 is 5.32 Å². The second-order valence-corrected chi connectivity index (χ2v) is 5.45. The summed E-state index contributed by atoms with van der Waals surface area (Å²) >= 11 is 3.34. The first-order valence-corrected chi connectivity index (χ1v) is 7.17. The van der Waals surface area contributed by atoms with Crippen LogP contribution in [0.15, 0.2) is 16.7 Å². The number of carbonyl (C=O) groups excluding carboxylic acids is 1. The summed E-state index contributed by atoms with van der Waals surface area (Å²) in [6, 6.07) is 0.684. The molecule has 0 radical (unpaired) electrons. The zero-order valence-corrected chi connectivity index (χ0v) is 13.1. The Hall–Kier alpha value is -1.84. The van der Waals surface area contributed by atoms with Crippen LogP contribution >= 0.6 is 15.9 Å². The van der Waals surface area contributed by atoms with E-state index in [1.807, 2.05) is 13.1 Å². The minimum absolute atomic E-state index is 0.287. The Balaban J connectivity index is 1.79. The van der Waals surface area contributed by atoms with Crippen molar-refractivity contribution in [3.63, 3.8) is 0 Å². The topological polar surface area (TPSA) is 75.6 Å². The van der Waals surface area contributed by atoms with Crippen LogP contribution < -0.4 is 5.32 Å². The first kappa shape index (κ1) is 16.5. The fourth-order valence-corrected chi connectivity index (χ4v) is 2.04. The highest BCUT2D eigenvalue weighted by atomic mass is 79.9. The van der Waals surface area contributed by atoms with Crippen molar-refractivity contribution < 1.29 is 18.0 Å². The number of rotatable bonds is 5. The van der Waals surface area contributed by atoms with Crippen LogP contribution in [0.1, 0.15) is 28.3 Å². The highest BCUT2D eigenvalue weighted by molar-refractivity contribution is 9.10. The van der Waals surface area contributed by atoms with Gasteiger partial charge in [0.2, 0.25) is 0 Å². The highest BCUT2D eigenvalue weighted by Crippen LogP contribution is 2.27. The maximum Gasteiger partial charge on any atom is 0.432 e. The molecule has 0 unspecified atom stereocenters. The van der Waals surface area contributed by atoms with E-state index >= 15 is 0 Å². The summed E-state index contributed by atoms with van der Waals surface area (Å²) in [6.45, 7) is 2.75. The van der Waals surface area contributed by atoms with E-state index in [2.05, 4.69) is 31.4 Å². The van der Waals surface area contributed by atoms with Crippen LogP contribution in [0.3, 0.4) is 0 Å². The third kappa shape index (κ3) is 4.09. The van der Waals surface area contributed by atoms with E-state index < -0.39 is 17.8 Å². The van der Waals surface area contributed by atoms with E-state index in [4.69, 9.17) is 0 Å². The normalized spacial score (nSPS) is 11.7. The zero-order valence-electron chi connectivity index (χ0n) is 11.5. The molecule has 0 bridgehead atoms. The van der Waals surface area contributed by atoms with Gasteiger partial charge in [0.05, 0.1) is 10.2 Å². The van der Waals surface area contributed by atoms with Gasteiger partial charge in [0.15, 0.2) is 5.69 Å². The minimum atomic E-state index is -4.54. The smallest absolute Gasteiger partial charge is 0.351 e. The summed E-state index contributed by atoms with van der Waals surface area (Å²) < 4.78 is 39.8. The molecule has 22 heavy (non-hydrogen) atoms. The number of amides is 1. The largest absolute Gasteiger partial charge is 0.432 e. The molecule has 0 saturated carbocycles. The van der Waals surface area contributed by atoms with Gasteiger partial charge in [0.25, 0.3) is 5.91 Å². The lowest BCUT2D eigenvalue weighted by Crippen LogP contribution is -2.25. The van der Waals surface area contributed by atoms with Gasteiger partial charge in [-0.05, 0) is 29.3 Å². The van der Waals surface area contributed by atoms with Gasteiger partial charge in [-0.3, -0.25) is 14.6 Å². The fraction of sp³-hybridized carbons (Fsp3) is 0.417. The molecule has 0 aliphatic rings. The van der Waals surface area contributed by atoms with Gasteiger partial charge in [-0.15, -0.1) is 0 Å². The summed E-state index contributed by atoms with van der Waals surface area (Å²) in [5, 5.41) is 11.9. The first-order chi connectivity index (χ1) is 10.3. The zero-order chi connectivity index (χ0) is 16.3. The SMILES string of the molecule is Cc1nn(CCCNC(=O)c2cc(C(F)(F)F)[nH]n2)cc1Br. The molecule has 2 N–H and O–H groups in total. The highest BCUT2D eigenvalue weighted by Gasteiger charge is 2.33. The molecule has 0 aliphatic heterocycles. The Morgan fingerprint density at radius 3 is 2.77 bits per heavy atom. The maximum absolute atomic E-state index is 12.4. The molecule has 2 aromatic heterocycles. The van der Waals surface area contributed by atoms with Crippen molar-refractivity contribution in [3.05, 3.63) is 33.8 Å². The molecule has 0 saturated heterocycles. The van der Waals surface area contributed by atoms with Crippen LogP contribution in [0.25, 0.3) is 0 Å². The van der Waals surface area contributed by atoms with Crippen LogP contribution in [0, 0.1) is 6.92 Å². The van der Waals surface area contributed by atoms with Gasteiger partial charge in [-0.25, -0.2) is 0 Å². The number of aromatic amines is 1. The molecule has 6 nitrogen and oxygen atoms in total. The second-order valence-electron chi connectivity index (χ2n) is 4.60. The first-order valence-electron chi connectivity index (χ1n) is 6.37. The predicted molar refractivity (Wildman–Crippen MR) is 75.2 cm³/mol. The predicted octanol–water partition coefficient (Wildman–Crippen LogP) is 2.52. The van der Waals surface area contributed by atoms with Crippen LogP contribution in [0.2, 0.25) is 0 Å². The molecule has 2 rings (SSSR count). The maximum atomic E-state index is 12.4. The van der Waals surface area contributed by atoms with Gasteiger partial charge in [-0.1, -0.05) is 0 Å². The van der Waals surface area contributed by atoms with Crippen molar-refractivity contribution in [2.24, 2.45) is 0 Å². The molecule has 0 fully saturated rings. The van der Waals surface area contributed by atoms with Crippen LogP contribution in [0.5, 0.6) is 0 Å². The van der Waals surface area contributed by atoms with Crippen molar-refractivity contribution in [2.75, 3.05) is 6.54 Å². The van der Waals surface area contributed by atoms with E-state index in [9.17, 15) is 18.0 Å². The lowest BCUT2D eigenvalue weighted by atomic mass is 10.3. The summed E-state index contributed by atoms with van der Waals surface area (Å²) in [5.74, 6) is -0.649. The number of nitrogens with one attached hydrogen (secondary N) is 2. The number of halogens is 4. The molecular formula is C12H13BrF3N5O. The number of nitrogens with zero attached hydrogens (tertiary/aromatic N) is 3. The lowest BCUT2D eigenvalue weighted by molar-refractivity contribution is -0.141. The molecule has 1 amide bonds. The van der Waals surface area contributed by atoms with E-state index in [1.54, 1.807) is 9.78 Å². The molecule has 0 spiro atoms. The Labute approximate surface area is 132 Å². The number of hydrogen-bond acceptors (Lipinski definition) is 3. The Kier molecular flexibility index (Phi) is 4.89. The van der Waals surface area contributed by atoms with E-state index in [0.717, 1.165) is 10.2 Å². The average molecular weight is 380 g/mol.